The van der Waals surface area contributed by atoms with Gasteiger partial charge < -0.3 is 5.32 Å². The van der Waals surface area contributed by atoms with E-state index in [1.807, 2.05) is 25.7 Å². The summed E-state index contributed by atoms with van der Waals surface area (Å²) in [4.78, 5) is 0. The second-order valence-electron chi connectivity index (χ2n) is 4.45. The van der Waals surface area contributed by atoms with Crippen molar-refractivity contribution in [1.29, 1.82) is 0 Å². The fourth-order valence-electron chi connectivity index (χ4n) is 1.98. The van der Waals surface area contributed by atoms with Crippen molar-refractivity contribution in [3.05, 3.63) is 16.4 Å². The van der Waals surface area contributed by atoms with Crippen LogP contribution in [-0.4, -0.2) is 22.9 Å². The predicted octanol–water partition coefficient (Wildman–Crippen LogP) is 2.56. The van der Waals surface area contributed by atoms with Crippen LogP contribution in [0.4, 0.5) is 0 Å². The largest absolute Gasteiger partial charge is 0.316 e. The third-order valence-corrected chi connectivity index (χ3v) is 3.87. The maximum Gasteiger partial charge on any atom is 0.0847 e. The molecule has 1 aromatic heterocycles. The van der Waals surface area contributed by atoms with Gasteiger partial charge in [0.1, 0.15) is 0 Å². The standard InChI is InChI=1S/C12H22ClN3/c1-6-8(2)10(14-4)7-11-12(13)9(3)15-16(11)5/h8,10,14H,6-7H2,1-5H3. The van der Waals surface area contributed by atoms with Gasteiger partial charge >= 0.3 is 0 Å². The first-order chi connectivity index (χ1) is 7.51. The zero-order chi connectivity index (χ0) is 12.3. The molecule has 0 radical (unpaired) electrons. The van der Waals surface area contributed by atoms with Crippen LogP contribution in [0.3, 0.4) is 0 Å². The second kappa shape index (κ2) is 5.69. The van der Waals surface area contributed by atoms with Crippen LogP contribution >= 0.6 is 11.6 Å². The Labute approximate surface area is 103 Å². The molecule has 2 atom stereocenters. The molecule has 4 heteroatoms. The summed E-state index contributed by atoms with van der Waals surface area (Å²) >= 11 is 6.25. The Morgan fingerprint density at radius 3 is 2.50 bits per heavy atom. The van der Waals surface area contributed by atoms with Crippen LogP contribution in [0.5, 0.6) is 0 Å². The smallest absolute Gasteiger partial charge is 0.0847 e. The number of aromatic nitrogens is 2. The van der Waals surface area contributed by atoms with Gasteiger partial charge in [0.2, 0.25) is 0 Å². The van der Waals surface area contributed by atoms with Crippen LogP contribution in [0.15, 0.2) is 0 Å². The van der Waals surface area contributed by atoms with Crippen molar-refractivity contribution >= 4 is 11.6 Å². The lowest BCUT2D eigenvalue weighted by Crippen LogP contribution is -2.34. The van der Waals surface area contributed by atoms with E-state index in [9.17, 15) is 0 Å². The van der Waals surface area contributed by atoms with Gasteiger partial charge in [-0.3, -0.25) is 4.68 Å². The van der Waals surface area contributed by atoms with Crippen molar-refractivity contribution in [2.45, 2.75) is 39.7 Å². The molecule has 1 rings (SSSR count). The van der Waals surface area contributed by atoms with Crippen molar-refractivity contribution in [3.63, 3.8) is 0 Å². The molecule has 1 N–H and O–H groups in total. The fraction of sp³-hybridized carbons (Fsp3) is 0.750. The molecule has 0 aliphatic heterocycles. The lowest BCUT2D eigenvalue weighted by Gasteiger charge is -2.22. The van der Waals surface area contributed by atoms with Gasteiger partial charge in [-0.1, -0.05) is 31.9 Å². The van der Waals surface area contributed by atoms with E-state index in [1.165, 1.54) is 6.42 Å². The third-order valence-electron chi connectivity index (χ3n) is 3.38. The van der Waals surface area contributed by atoms with Gasteiger partial charge in [-0.25, -0.2) is 0 Å². The minimum atomic E-state index is 0.456. The zero-order valence-corrected chi connectivity index (χ0v) is 11.6. The molecular weight excluding hydrogens is 222 g/mol. The van der Waals surface area contributed by atoms with Crippen LogP contribution < -0.4 is 5.32 Å². The van der Waals surface area contributed by atoms with Crippen molar-refractivity contribution in [2.24, 2.45) is 13.0 Å². The van der Waals surface area contributed by atoms with Gasteiger partial charge in [0.05, 0.1) is 16.4 Å². The monoisotopic (exact) mass is 243 g/mol. The molecular formula is C12H22ClN3. The summed E-state index contributed by atoms with van der Waals surface area (Å²) in [5, 5.41) is 8.52. The Morgan fingerprint density at radius 2 is 2.12 bits per heavy atom. The van der Waals surface area contributed by atoms with Crippen LogP contribution in [0.1, 0.15) is 31.7 Å². The number of hydrogen-bond donors (Lipinski definition) is 1. The van der Waals surface area contributed by atoms with Gasteiger partial charge in [-0.05, 0) is 19.9 Å². The first-order valence-corrected chi connectivity index (χ1v) is 6.24. The average Bonchev–Trinajstić information content (AvgIpc) is 2.50. The zero-order valence-electron chi connectivity index (χ0n) is 10.8. The molecule has 1 heterocycles. The lowest BCUT2D eigenvalue weighted by atomic mass is 9.95. The quantitative estimate of drug-likeness (QED) is 0.862. The molecule has 2 unspecified atom stereocenters. The number of rotatable bonds is 5. The maximum atomic E-state index is 6.25. The molecule has 0 amide bonds. The van der Waals surface area contributed by atoms with Crippen molar-refractivity contribution in [3.8, 4) is 0 Å². The summed E-state index contributed by atoms with van der Waals surface area (Å²) in [6, 6.07) is 0.456. The van der Waals surface area contributed by atoms with E-state index >= 15 is 0 Å². The van der Waals surface area contributed by atoms with E-state index in [4.69, 9.17) is 11.6 Å². The fourth-order valence-corrected chi connectivity index (χ4v) is 2.22. The highest BCUT2D eigenvalue weighted by Gasteiger charge is 2.19. The summed E-state index contributed by atoms with van der Waals surface area (Å²) in [5.74, 6) is 0.635. The Kier molecular flexibility index (Phi) is 4.81. The van der Waals surface area contributed by atoms with Crippen LogP contribution in [0, 0.1) is 12.8 Å². The van der Waals surface area contributed by atoms with Gasteiger partial charge in [-0.2, -0.15) is 5.10 Å². The molecule has 0 aromatic carbocycles. The predicted molar refractivity (Wildman–Crippen MR) is 69.0 cm³/mol. The van der Waals surface area contributed by atoms with E-state index in [1.54, 1.807) is 0 Å². The van der Waals surface area contributed by atoms with E-state index in [0.29, 0.717) is 12.0 Å². The first kappa shape index (κ1) is 13.5. The number of nitrogens with one attached hydrogen (secondary N) is 1. The Balaban J connectivity index is 2.85. The summed E-state index contributed by atoms with van der Waals surface area (Å²) in [5.41, 5.74) is 2.04. The van der Waals surface area contributed by atoms with E-state index in [0.717, 1.165) is 22.8 Å². The Morgan fingerprint density at radius 1 is 1.50 bits per heavy atom. The molecule has 0 fully saturated rings. The molecule has 0 aliphatic rings. The molecule has 0 saturated heterocycles. The number of halogens is 1. The summed E-state index contributed by atoms with van der Waals surface area (Å²) in [7, 11) is 3.96. The third kappa shape index (κ3) is 2.77. The maximum absolute atomic E-state index is 6.25. The Bertz CT molecular complexity index is 346. The van der Waals surface area contributed by atoms with Crippen molar-refractivity contribution in [2.75, 3.05) is 7.05 Å². The van der Waals surface area contributed by atoms with Gasteiger partial charge in [0.15, 0.2) is 0 Å². The van der Waals surface area contributed by atoms with Crippen molar-refractivity contribution in [1.82, 2.24) is 15.1 Å². The SMILES string of the molecule is CCC(C)C(Cc1c(Cl)c(C)nn1C)NC. The van der Waals surface area contributed by atoms with Crippen LogP contribution in [0.25, 0.3) is 0 Å². The first-order valence-electron chi connectivity index (χ1n) is 5.86. The summed E-state index contributed by atoms with van der Waals surface area (Å²) in [6.45, 7) is 6.42. The van der Waals surface area contributed by atoms with Gasteiger partial charge in [0, 0.05) is 19.5 Å². The number of hydrogen-bond acceptors (Lipinski definition) is 2. The van der Waals surface area contributed by atoms with Crippen molar-refractivity contribution < 1.29 is 0 Å². The van der Waals surface area contributed by atoms with E-state index < -0.39 is 0 Å². The van der Waals surface area contributed by atoms with Crippen LogP contribution in [-0.2, 0) is 13.5 Å². The normalized spacial score (nSPS) is 15.1. The van der Waals surface area contributed by atoms with Gasteiger partial charge in [-0.15, -0.1) is 0 Å². The minimum absolute atomic E-state index is 0.456. The molecule has 0 bridgehead atoms. The van der Waals surface area contributed by atoms with E-state index in [2.05, 4.69) is 24.3 Å². The molecule has 16 heavy (non-hydrogen) atoms. The minimum Gasteiger partial charge on any atom is -0.316 e. The van der Waals surface area contributed by atoms with Crippen LogP contribution in [0.2, 0.25) is 5.02 Å². The number of nitrogens with zero attached hydrogens (tertiary/aromatic N) is 2. The molecule has 1 aromatic rings. The highest BCUT2D eigenvalue weighted by atomic mass is 35.5. The van der Waals surface area contributed by atoms with E-state index in [-0.39, 0.29) is 0 Å². The number of likely N-dealkylation sites (N-methyl/N-ethyl adjacent to an activating group) is 1. The average molecular weight is 244 g/mol. The highest BCUT2D eigenvalue weighted by Crippen LogP contribution is 2.22. The second-order valence-corrected chi connectivity index (χ2v) is 4.83. The summed E-state index contributed by atoms with van der Waals surface area (Å²) in [6.07, 6.45) is 2.10. The molecule has 0 saturated carbocycles. The highest BCUT2D eigenvalue weighted by molar-refractivity contribution is 6.31. The number of aryl methyl sites for hydroxylation is 2. The lowest BCUT2D eigenvalue weighted by molar-refractivity contribution is 0.380. The molecule has 92 valence electrons. The summed E-state index contributed by atoms with van der Waals surface area (Å²) < 4.78 is 1.89. The molecule has 3 nitrogen and oxygen atoms in total. The molecule has 0 aliphatic carbocycles. The topological polar surface area (TPSA) is 29.9 Å². The van der Waals surface area contributed by atoms with Gasteiger partial charge in [0.25, 0.3) is 0 Å². The Hall–Kier alpha value is -0.540. The molecule has 0 spiro atoms.